The van der Waals surface area contributed by atoms with Crippen molar-refractivity contribution in [3.63, 3.8) is 0 Å². The van der Waals surface area contributed by atoms with E-state index < -0.39 is 16.0 Å². The third-order valence-corrected chi connectivity index (χ3v) is 6.19. The van der Waals surface area contributed by atoms with E-state index in [-0.39, 0.29) is 10.5 Å². The standard InChI is InChI=1S/C23H19N3O4S/c1-16-21(23(27)28)22(24-26(16)19-8-4-2-5-9-19)17-12-14-18(15-13-17)25-31(29,30)20-10-6-3-7-11-20/h2-15,25H,1H3,(H,27,28). The molecule has 156 valence electrons. The Hall–Kier alpha value is -3.91. The Bertz CT molecular complexity index is 1330. The summed E-state index contributed by atoms with van der Waals surface area (Å²) in [5.74, 6) is -1.08. The van der Waals surface area contributed by atoms with Crippen LogP contribution in [0.25, 0.3) is 16.9 Å². The van der Waals surface area contributed by atoms with E-state index in [4.69, 9.17) is 0 Å². The molecule has 0 amide bonds. The van der Waals surface area contributed by atoms with Crippen LogP contribution in [0.15, 0.2) is 89.8 Å². The largest absolute Gasteiger partial charge is 0.478 e. The van der Waals surface area contributed by atoms with Crippen LogP contribution in [0.1, 0.15) is 16.1 Å². The highest BCUT2D eigenvalue weighted by molar-refractivity contribution is 7.92. The lowest BCUT2D eigenvalue weighted by molar-refractivity contribution is 0.0697. The van der Waals surface area contributed by atoms with Crippen LogP contribution in [0.5, 0.6) is 0 Å². The van der Waals surface area contributed by atoms with E-state index >= 15 is 0 Å². The molecule has 0 aliphatic rings. The van der Waals surface area contributed by atoms with Gasteiger partial charge in [-0.05, 0) is 43.3 Å². The minimum Gasteiger partial charge on any atom is -0.478 e. The molecule has 0 saturated carbocycles. The van der Waals surface area contributed by atoms with Crippen LogP contribution in [-0.4, -0.2) is 29.3 Å². The van der Waals surface area contributed by atoms with Crippen molar-refractivity contribution in [3.8, 4) is 16.9 Å². The molecule has 0 radical (unpaired) electrons. The summed E-state index contributed by atoms with van der Waals surface area (Å²) in [6.07, 6.45) is 0. The van der Waals surface area contributed by atoms with Gasteiger partial charge in [-0.1, -0.05) is 48.5 Å². The fourth-order valence-corrected chi connectivity index (χ4v) is 4.37. The van der Waals surface area contributed by atoms with Gasteiger partial charge in [0.25, 0.3) is 10.0 Å². The summed E-state index contributed by atoms with van der Waals surface area (Å²) in [4.78, 5) is 12.1. The molecule has 0 saturated heterocycles. The topological polar surface area (TPSA) is 101 Å². The summed E-state index contributed by atoms with van der Waals surface area (Å²) >= 11 is 0. The lowest BCUT2D eigenvalue weighted by Gasteiger charge is -2.08. The Morgan fingerprint density at radius 3 is 2.06 bits per heavy atom. The van der Waals surface area contributed by atoms with Crippen molar-refractivity contribution in [2.45, 2.75) is 11.8 Å². The quantitative estimate of drug-likeness (QED) is 0.471. The average molecular weight is 433 g/mol. The number of aromatic nitrogens is 2. The zero-order valence-corrected chi connectivity index (χ0v) is 17.4. The van der Waals surface area contributed by atoms with E-state index in [1.807, 2.05) is 30.3 Å². The molecule has 0 aliphatic heterocycles. The molecule has 1 heterocycles. The molecule has 31 heavy (non-hydrogen) atoms. The van der Waals surface area contributed by atoms with Gasteiger partial charge in [0, 0.05) is 11.3 Å². The summed E-state index contributed by atoms with van der Waals surface area (Å²) in [7, 11) is -3.71. The normalized spacial score (nSPS) is 11.3. The average Bonchev–Trinajstić information content (AvgIpc) is 3.12. The molecule has 0 atom stereocenters. The van der Waals surface area contributed by atoms with E-state index in [1.54, 1.807) is 54.1 Å². The summed E-state index contributed by atoms with van der Waals surface area (Å²) in [5, 5.41) is 14.3. The maximum Gasteiger partial charge on any atom is 0.339 e. The lowest BCUT2D eigenvalue weighted by atomic mass is 10.1. The Morgan fingerprint density at radius 2 is 1.48 bits per heavy atom. The number of nitrogens with one attached hydrogen (secondary N) is 1. The number of hydrogen-bond acceptors (Lipinski definition) is 4. The van der Waals surface area contributed by atoms with Crippen molar-refractivity contribution in [1.82, 2.24) is 9.78 Å². The van der Waals surface area contributed by atoms with Gasteiger partial charge < -0.3 is 5.11 Å². The number of carboxylic acid groups (broad SMARTS) is 1. The molecule has 0 unspecified atom stereocenters. The first kappa shape index (κ1) is 20.4. The molecule has 0 spiro atoms. The van der Waals surface area contributed by atoms with Crippen LogP contribution in [0.3, 0.4) is 0 Å². The number of aromatic carboxylic acids is 1. The smallest absolute Gasteiger partial charge is 0.339 e. The number of rotatable bonds is 6. The lowest BCUT2D eigenvalue weighted by Crippen LogP contribution is -2.12. The summed E-state index contributed by atoms with van der Waals surface area (Å²) < 4.78 is 29.1. The number of carbonyl (C=O) groups is 1. The summed E-state index contributed by atoms with van der Waals surface area (Å²) in [5.41, 5.74) is 2.60. The predicted octanol–water partition coefficient (Wildman–Crippen LogP) is 4.35. The van der Waals surface area contributed by atoms with E-state index in [1.165, 1.54) is 12.1 Å². The monoisotopic (exact) mass is 433 g/mol. The van der Waals surface area contributed by atoms with Crippen LogP contribution in [0.2, 0.25) is 0 Å². The number of hydrogen-bond donors (Lipinski definition) is 2. The highest BCUT2D eigenvalue weighted by atomic mass is 32.2. The molecule has 4 aromatic rings. The van der Waals surface area contributed by atoms with E-state index in [0.717, 1.165) is 5.69 Å². The number of nitrogens with zero attached hydrogens (tertiary/aromatic N) is 2. The second kappa shape index (κ2) is 8.08. The molecular weight excluding hydrogens is 414 g/mol. The molecule has 0 bridgehead atoms. The summed E-state index contributed by atoms with van der Waals surface area (Å²) in [6, 6.07) is 23.8. The molecule has 0 fully saturated rings. The van der Waals surface area contributed by atoms with Gasteiger partial charge in [0.2, 0.25) is 0 Å². The van der Waals surface area contributed by atoms with E-state index in [0.29, 0.717) is 22.6 Å². The minimum atomic E-state index is -3.71. The molecule has 0 aliphatic carbocycles. The van der Waals surface area contributed by atoms with Gasteiger partial charge in [0.15, 0.2) is 0 Å². The maximum absolute atomic E-state index is 12.5. The van der Waals surface area contributed by atoms with Gasteiger partial charge in [0.1, 0.15) is 11.3 Å². The van der Waals surface area contributed by atoms with Crippen LogP contribution in [0.4, 0.5) is 5.69 Å². The molecule has 4 rings (SSSR count). The molecule has 3 aromatic carbocycles. The fourth-order valence-electron chi connectivity index (χ4n) is 3.29. The van der Waals surface area contributed by atoms with Gasteiger partial charge in [-0.15, -0.1) is 0 Å². The van der Waals surface area contributed by atoms with Gasteiger partial charge in [-0.3, -0.25) is 4.72 Å². The number of para-hydroxylation sites is 1. The molecular formula is C23H19N3O4S. The minimum absolute atomic E-state index is 0.0986. The first-order chi connectivity index (χ1) is 14.9. The third kappa shape index (κ3) is 4.06. The first-order valence-electron chi connectivity index (χ1n) is 9.43. The maximum atomic E-state index is 12.5. The molecule has 8 heteroatoms. The van der Waals surface area contributed by atoms with Crippen LogP contribution >= 0.6 is 0 Å². The van der Waals surface area contributed by atoms with Crippen molar-refractivity contribution in [1.29, 1.82) is 0 Å². The second-order valence-corrected chi connectivity index (χ2v) is 8.54. The van der Waals surface area contributed by atoms with Crippen molar-refractivity contribution in [2.75, 3.05) is 4.72 Å². The predicted molar refractivity (Wildman–Crippen MR) is 118 cm³/mol. The van der Waals surface area contributed by atoms with Gasteiger partial charge in [-0.2, -0.15) is 5.10 Å². The second-order valence-electron chi connectivity index (χ2n) is 6.86. The van der Waals surface area contributed by atoms with Crippen molar-refractivity contribution in [3.05, 3.63) is 96.2 Å². The number of carboxylic acids is 1. The molecule has 1 aromatic heterocycles. The van der Waals surface area contributed by atoms with Crippen molar-refractivity contribution < 1.29 is 18.3 Å². The summed E-state index contributed by atoms with van der Waals surface area (Å²) in [6.45, 7) is 1.70. The van der Waals surface area contributed by atoms with Crippen LogP contribution in [-0.2, 0) is 10.0 Å². The van der Waals surface area contributed by atoms with E-state index in [9.17, 15) is 18.3 Å². The zero-order valence-electron chi connectivity index (χ0n) is 16.6. The first-order valence-corrected chi connectivity index (χ1v) is 10.9. The Kier molecular flexibility index (Phi) is 5.31. The van der Waals surface area contributed by atoms with E-state index in [2.05, 4.69) is 9.82 Å². The fraction of sp³-hybridized carbons (Fsp3) is 0.0435. The Balaban J connectivity index is 1.69. The number of anilines is 1. The van der Waals surface area contributed by atoms with Gasteiger partial charge in [0.05, 0.1) is 16.3 Å². The van der Waals surface area contributed by atoms with Crippen molar-refractivity contribution in [2.24, 2.45) is 0 Å². The molecule has 7 nitrogen and oxygen atoms in total. The highest BCUT2D eigenvalue weighted by Crippen LogP contribution is 2.29. The number of benzene rings is 3. The Morgan fingerprint density at radius 1 is 0.903 bits per heavy atom. The third-order valence-electron chi connectivity index (χ3n) is 4.79. The van der Waals surface area contributed by atoms with Gasteiger partial charge >= 0.3 is 5.97 Å². The SMILES string of the molecule is Cc1c(C(=O)O)c(-c2ccc(NS(=O)(=O)c3ccccc3)cc2)nn1-c1ccccc1. The molecule has 2 N–H and O–H groups in total. The van der Waals surface area contributed by atoms with Crippen LogP contribution in [0, 0.1) is 6.92 Å². The highest BCUT2D eigenvalue weighted by Gasteiger charge is 2.23. The van der Waals surface area contributed by atoms with Crippen molar-refractivity contribution >= 4 is 21.7 Å². The van der Waals surface area contributed by atoms with Gasteiger partial charge in [-0.25, -0.2) is 17.9 Å². The number of sulfonamides is 1. The zero-order chi connectivity index (χ0) is 22.0. The van der Waals surface area contributed by atoms with Crippen LogP contribution < -0.4 is 4.72 Å². The Labute approximate surface area is 179 Å².